The zero-order valence-electron chi connectivity index (χ0n) is 10.5. The monoisotopic (exact) mass is 222 g/mol. The second kappa shape index (κ2) is 5.05. The molecule has 0 bridgehead atoms. The van der Waals surface area contributed by atoms with Crippen LogP contribution in [0.4, 0.5) is 0 Å². The molecule has 0 aromatic carbocycles. The van der Waals surface area contributed by atoms with Crippen molar-refractivity contribution in [2.45, 2.75) is 63.5 Å². The first-order valence-corrected chi connectivity index (χ1v) is 7.39. The van der Waals surface area contributed by atoms with E-state index in [0.29, 0.717) is 0 Å². The van der Waals surface area contributed by atoms with Crippen LogP contribution in [0.15, 0.2) is 0 Å². The summed E-state index contributed by atoms with van der Waals surface area (Å²) in [6.45, 7) is 4.00. The smallest absolute Gasteiger partial charge is 0.0195 e. The Kier molecular flexibility index (Phi) is 3.49. The summed E-state index contributed by atoms with van der Waals surface area (Å²) in [5.41, 5.74) is 0. The van der Waals surface area contributed by atoms with Crippen molar-refractivity contribution in [2.24, 2.45) is 5.92 Å². The molecular formula is C14H26N2. The van der Waals surface area contributed by atoms with Gasteiger partial charge in [0.25, 0.3) is 0 Å². The third-order valence-corrected chi connectivity index (χ3v) is 4.65. The van der Waals surface area contributed by atoms with Crippen LogP contribution in [0.5, 0.6) is 0 Å². The number of hydrogen-bond acceptors (Lipinski definition) is 2. The summed E-state index contributed by atoms with van der Waals surface area (Å²) in [6.07, 6.45) is 11.7. The van der Waals surface area contributed by atoms with Gasteiger partial charge in [0.15, 0.2) is 0 Å². The van der Waals surface area contributed by atoms with Crippen LogP contribution < -0.4 is 5.32 Å². The van der Waals surface area contributed by atoms with Gasteiger partial charge in [0.2, 0.25) is 0 Å². The maximum atomic E-state index is 3.65. The maximum absolute atomic E-state index is 3.65. The van der Waals surface area contributed by atoms with E-state index in [0.717, 1.165) is 18.0 Å². The lowest BCUT2D eigenvalue weighted by molar-refractivity contribution is 0.204. The molecule has 1 aliphatic heterocycles. The summed E-state index contributed by atoms with van der Waals surface area (Å²) in [5, 5.41) is 3.65. The van der Waals surface area contributed by atoms with Gasteiger partial charge in [-0.05, 0) is 51.0 Å². The van der Waals surface area contributed by atoms with Crippen LogP contribution in [0.1, 0.15) is 51.4 Å². The molecule has 3 aliphatic rings. The first-order chi connectivity index (χ1) is 7.92. The Morgan fingerprint density at radius 1 is 0.875 bits per heavy atom. The Morgan fingerprint density at radius 2 is 1.69 bits per heavy atom. The van der Waals surface area contributed by atoms with Crippen LogP contribution in [-0.4, -0.2) is 36.6 Å². The molecule has 16 heavy (non-hydrogen) atoms. The second-order valence-corrected chi connectivity index (χ2v) is 6.13. The Bertz CT molecular complexity index is 195. The molecule has 1 saturated heterocycles. The fourth-order valence-electron chi connectivity index (χ4n) is 3.53. The Balaban J connectivity index is 1.49. The quantitative estimate of drug-likeness (QED) is 0.768. The zero-order chi connectivity index (χ0) is 10.8. The van der Waals surface area contributed by atoms with Crippen molar-refractivity contribution in [1.82, 2.24) is 10.2 Å². The van der Waals surface area contributed by atoms with E-state index in [1.807, 2.05) is 0 Å². The minimum atomic E-state index is 0.807. The maximum Gasteiger partial charge on any atom is 0.0195 e. The van der Waals surface area contributed by atoms with E-state index in [9.17, 15) is 0 Å². The van der Waals surface area contributed by atoms with Crippen LogP contribution in [0.2, 0.25) is 0 Å². The van der Waals surface area contributed by atoms with Crippen molar-refractivity contribution in [3.05, 3.63) is 0 Å². The highest BCUT2D eigenvalue weighted by Gasteiger charge is 2.33. The van der Waals surface area contributed by atoms with E-state index < -0.39 is 0 Å². The van der Waals surface area contributed by atoms with Crippen LogP contribution in [0.3, 0.4) is 0 Å². The fraction of sp³-hybridized carbons (Fsp3) is 1.00. The fourth-order valence-corrected chi connectivity index (χ4v) is 3.53. The molecule has 0 amide bonds. The molecule has 3 rings (SSSR count). The van der Waals surface area contributed by atoms with Crippen molar-refractivity contribution in [3.8, 4) is 0 Å². The molecule has 3 fully saturated rings. The van der Waals surface area contributed by atoms with Crippen LogP contribution in [0.25, 0.3) is 0 Å². The second-order valence-electron chi connectivity index (χ2n) is 6.13. The van der Waals surface area contributed by atoms with Gasteiger partial charge in [0.1, 0.15) is 0 Å². The molecule has 2 heteroatoms. The standard InChI is InChI=1S/C14H26N2/c1-2-5-12(4-1)10-16(14-7-8-14)11-13-6-3-9-15-13/h12-15H,1-11H2. The third-order valence-electron chi connectivity index (χ3n) is 4.65. The first-order valence-electron chi connectivity index (χ1n) is 7.39. The van der Waals surface area contributed by atoms with Crippen molar-refractivity contribution in [3.63, 3.8) is 0 Å². The van der Waals surface area contributed by atoms with Crippen LogP contribution in [-0.2, 0) is 0 Å². The Hall–Kier alpha value is -0.0800. The lowest BCUT2D eigenvalue weighted by Crippen LogP contribution is -2.40. The van der Waals surface area contributed by atoms with Crippen molar-refractivity contribution in [1.29, 1.82) is 0 Å². The molecule has 1 N–H and O–H groups in total. The molecule has 0 radical (unpaired) electrons. The minimum Gasteiger partial charge on any atom is -0.313 e. The summed E-state index contributed by atoms with van der Waals surface area (Å²) in [5.74, 6) is 1.03. The third kappa shape index (κ3) is 2.78. The van der Waals surface area contributed by atoms with Gasteiger partial charge in [0, 0.05) is 25.2 Å². The van der Waals surface area contributed by atoms with E-state index in [-0.39, 0.29) is 0 Å². The molecule has 1 heterocycles. The molecule has 2 nitrogen and oxygen atoms in total. The molecule has 1 atom stereocenters. The van der Waals surface area contributed by atoms with E-state index in [1.165, 1.54) is 71.0 Å². The van der Waals surface area contributed by atoms with Gasteiger partial charge in [0.05, 0.1) is 0 Å². The van der Waals surface area contributed by atoms with Crippen LogP contribution in [0, 0.1) is 5.92 Å². The summed E-state index contributed by atoms with van der Waals surface area (Å²) < 4.78 is 0. The van der Waals surface area contributed by atoms with Gasteiger partial charge in [-0.2, -0.15) is 0 Å². The summed E-state index contributed by atoms with van der Waals surface area (Å²) in [7, 11) is 0. The van der Waals surface area contributed by atoms with Crippen molar-refractivity contribution in [2.75, 3.05) is 19.6 Å². The van der Waals surface area contributed by atoms with Crippen LogP contribution >= 0.6 is 0 Å². The van der Waals surface area contributed by atoms with E-state index in [4.69, 9.17) is 0 Å². The van der Waals surface area contributed by atoms with Gasteiger partial charge in [-0.1, -0.05) is 12.8 Å². The predicted molar refractivity (Wildman–Crippen MR) is 67.6 cm³/mol. The van der Waals surface area contributed by atoms with E-state index in [1.54, 1.807) is 0 Å². The largest absolute Gasteiger partial charge is 0.313 e. The SMILES string of the molecule is C1CCC(CN(CC2CCCN2)C2CC2)C1. The highest BCUT2D eigenvalue weighted by molar-refractivity contribution is 4.89. The summed E-state index contributed by atoms with van der Waals surface area (Å²) in [4.78, 5) is 2.82. The Labute approximate surface area is 99.8 Å². The highest BCUT2D eigenvalue weighted by atomic mass is 15.2. The van der Waals surface area contributed by atoms with Gasteiger partial charge < -0.3 is 5.32 Å². The topological polar surface area (TPSA) is 15.3 Å². The molecule has 0 aromatic rings. The molecule has 2 aliphatic carbocycles. The summed E-state index contributed by atoms with van der Waals surface area (Å²) in [6, 6.07) is 1.77. The van der Waals surface area contributed by atoms with Gasteiger partial charge >= 0.3 is 0 Å². The Morgan fingerprint density at radius 3 is 2.31 bits per heavy atom. The van der Waals surface area contributed by atoms with Gasteiger partial charge in [-0.15, -0.1) is 0 Å². The van der Waals surface area contributed by atoms with Gasteiger partial charge in [-0.25, -0.2) is 0 Å². The molecule has 2 saturated carbocycles. The number of nitrogens with one attached hydrogen (secondary N) is 1. The predicted octanol–water partition coefficient (Wildman–Crippen LogP) is 2.39. The molecule has 1 unspecified atom stereocenters. The summed E-state index contributed by atoms with van der Waals surface area (Å²) >= 11 is 0. The van der Waals surface area contributed by atoms with Crippen molar-refractivity contribution < 1.29 is 0 Å². The number of rotatable bonds is 5. The van der Waals surface area contributed by atoms with Gasteiger partial charge in [-0.3, -0.25) is 4.90 Å². The normalized spacial score (nSPS) is 31.7. The average molecular weight is 222 g/mol. The molecular weight excluding hydrogens is 196 g/mol. The number of hydrogen-bond donors (Lipinski definition) is 1. The van der Waals surface area contributed by atoms with Crippen molar-refractivity contribution >= 4 is 0 Å². The number of nitrogens with zero attached hydrogens (tertiary/aromatic N) is 1. The highest BCUT2D eigenvalue weighted by Crippen LogP contribution is 2.32. The molecule has 0 spiro atoms. The lowest BCUT2D eigenvalue weighted by Gasteiger charge is -2.28. The van der Waals surface area contributed by atoms with E-state index in [2.05, 4.69) is 10.2 Å². The molecule has 92 valence electrons. The zero-order valence-corrected chi connectivity index (χ0v) is 10.5. The molecule has 0 aromatic heterocycles. The van der Waals surface area contributed by atoms with E-state index >= 15 is 0 Å². The minimum absolute atomic E-state index is 0.807. The average Bonchev–Trinajstić information content (AvgIpc) is 2.79. The first kappa shape index (κ1) is 11.0. The lowest BCUT2D eigenvalue weighted by atomic mass is 10.1.